The Balaban J connectivity index is 0.00000182. The lowest BCUT2D eigenvalue weighted by molar-refractivity contribution is -0.131. The van der Waals surface area contributed by atoms with E-state index in [1.165, 1.54) is 0 Å². The smallest absolute Gasteiger partial charge is 0.409 e. The fourth-order valence-electron chi connectivity index (χ4n) is 3.59. The lowest BCUT2D eigenvalue weighted by atomic mass is 10.1. The van der Waals surface area contributed by atoms with Crippen LogP contribution in [0.5, 0.6) is 0 Å². The number of piperazine rings is 1. The summed E-state index contributed by atoms with van der Waals surface area (Å²) >= 11 is 1.82. The van der Waals surface area contributed by atoms with Gasteiger partial charge in [-0.05, 0) is 12.3 Å². The van der Waals surface area contributed by atoms with E-state index in [4.69, 9.17) is 4.74 Å². The van der Waals surface area contributed by atoms with Crippen molar-refractivity contribution in [2.45, 2.75) is 32.4 Å². The van der Waals surface area contributed by atoms with Gasteiger partial charge in [0.25, 0.3) is 0 Å². The second kappa shape index (κ2) is 11.6. The number of thioether (sulfide) groups is 1. The molecule has 0 saturated carbocycles. The van der Waals surface area contributed by atoms with Gasteiger partial charge in [-0.25, -0.2) is 4.79 Å². The van der Waals surface area contributed by atoms with Crippen molar-refractivity contribution in [1.29, 1.82) is 0 Å². The quantitative estimate of drug-likeness (QED) is 0.711. The molecule has 3 rings (SSSR count). The molecule has 3 aliphatic rings. The van der Waals surface area contributed by atoms with Gasteiger partial charge in [-0.15, -0.1) is 36.6 Å². The predicted octanol–water partition coefficient (Wildman–Crippen LogP) is 1.50. The Labute approximate surface area is 178 Å². The first-order chi connectivity index (χ1) is 12.0. The van der Waals surface area contributed by atoms with Crippen LogP contribution in [0, 0.1) is 5.92 Å². The van der Waals surface area contributed by atoms with Crippen LogP contribution in [-0.2, 0) is 9.53 Å². The number of hydrogen-bond acceptors (Lipinski definition) is 6. The summed E-state index contributed by atoms with van der Waals surface area (Å²) in [5, 5.41) is 3.40. The Bertz CT molecular complexity index is 487. The summed E-state index contributed by atoms with van der Waals surface area (Å²) in [5.41, 5.74) is 0. The van der Waals surface area contributed by atoms with E-state index in [1.807, 2.05) is 30.5 Å². The highest BCUT2D eigenvalue weighted by molar-refractivity contribution is 7.99. The average Bonchev–Trinajstić information content (AvgIpc) is 3.31. The summed E-state index contributed by atoms with van der Waals surface area (Å²) in [6, 6.07) is 0.343. The maximum Gasteiger partial charge on any atom is 0.409 e. The van der Waals surface area contributed by atoms with Crippen molar-refractivity contribution in [1.82, 2.24) is 20.0 Å². The molecule has 0 bridgehead atoms. The number of nitrogens with zero attached hydrogens (tertiary/aromatic N) is 3. The minimum absolute atomic E-state index is 0. The predicted molar refractivity (Wildman–Crippen MR) is 113 cm³/mol. The van der Waals surface area contributed by atoms with E-state index in [1.54, 1.807) is 4.90 Å². The van der Waals surface area contributed by atoms with Crippen molar-refractivity contribution in [3.05, 3.63) is 0 Å². The summed E-state index contributed by atoms with van der Waals surface area (Å²) in [6.07, 6.45) is 0.676. The van der Waals surface area contributed by atoms with Gasteiger partial charge in [0.1, 0.15) is 0 Å². The van der Waals surface area contributed by atoms with Crippen LogP contribution in [0.1, 0.15) is 20.3 Å². The van der Waals surface area contributed by atoms with E-state index in [-0.39, 0.29) is 42.9 Å². The number of amides is 2. The first-order valence-electron chi connectivity index (χ1n) is 9.30. The topological polar surface area (TPSA) is 65.1 Å². The van der Waals surface area contributed by atoms with E-state index in [9.17, 15) is 9.59 Å². The number of nitrogens with one attached hydrogen (secondary N) is 1. The Morgan fingerprint density at radius 1 is 1.11 bits per heavy atom. The fourth-order valence-corrected chi connectivity index (χ4v) is 4.55. The van der Waals surface area contributed by atoms with Gasteiger partial charge < -0.3 is 19.9 Å². The largest absolute Gasteiger partial charge is 0.449 e. The van der Waals surface area contributed by atoms with Crippen LogP contribution in [0.15, 0.2) is 0 Å². The van der Waals surface area contributed by atoms with E-state index >= 15 is 0 Å². The van der Waals surface area contributed by atoms with Gasteiger partial charge in [0.2, 0.25) is 5.91 Å². The molecule has 0 spiro atoms. The van der Waals surface area contributed by atoms with Gasteiger partial charge in [-0.2, -0.15) is 0 Å². The van der Waals surface area contributed by atoms with Crippen LogP contribution in [-0.4, -0.2) is 96.3 Å². The van der Waals surface area contributed by atoms with Gasteiger partial charge in [0.15, 0.2) is 0 Å². The molecule has 3 fully saturated rings. The molecule has 27 heavy (non-hydrogen) atoms. The molecule has 2 amide bonds. The van der Waals surface area contributed by atoms with Crippen molar-refractivity contribution in [3.63, 3.8) is 0 Å². The van der Waals surface area contributed by atoms with Crippen LogP contribution in [0.4, 0.5) is 4.79 Å². The zero-order chi connectivity index (χ0) is 17.8. The normalized spacial score (nSPS) is 25.9. The lowest BCUT2D eigenvalue weighted by Gasteiger charge is -2.37. The number of carbonyl (C=O) groups is 2. The molecule has 0 aromatic rings. The monoisotopic (exact) mass is 442 g/mol. The van der Waals surface area contributed by atoms with E-state index < -0.39 is 0 Å². The Hall–Kier alpha value is -0.410. The van der Waals surface area contributed by atoms with E-state index in [2.05, 4.69) is 10.2 Å². The minimum atomic E-state index is -0.197. The first kappa shape index (κ1) is 24.6. The lowest BCUT2D eigenvalue weighted by Crippen LogP contribution is -2.52. The third-order valence-electron chi connectivity index (χ3n) is 5.10. The van der Waals surface area contributed by atoms with Crippen molar-refractivity contribution < 1.29 is 14.3 Å². The average molecular weight is 443 g/mol. The van der Waals surface area contributed by atoms with Crippen molar-refractivity contribution in [2.75, 3.05) is 57.5 Å². The molecular weight excluding hydrogens is 411 g/mol. The molecule has 1 N–H and O–H groups in total. The molecule has 0 aromatic carbocycles. The minimum Gasteiger partial charge on any atom is -0.449 e. The molecule has 0 radical (unpaired) electrons. The molecule has 3 saturated heterocycles. The molecule has 3 heterocycles. The SMILES string of the molecule is CC(C)COC(=O)N1CCN([C@@H]2CN[C@H](C(=O)N3CCSC3)C2)CC1.Cl.Cl. The summed E-state index contributed by atoms with van der Waals surface area (Å²) in [7, 11) is 0. The van der Waals surface area contributed by atoms with Crippen molar-refractivity contribution in [3.8, 4) is 0 Å². The second-order valence-corrected chi connectivity index (χ2v) is 8.56. The molecule has 2 atom stereocenters. The summed E-state index contributed by atoms with van der Waals surface area (Å²) in [6.45, 7) is 9.40. The van der Waals surface area contributed by atoms with Crippen LogP contribution >= 0.6 is 36.6 Å². The van der Waals surface area contributed by atoms with Gasteiger partial charge in [0, 0.05) is 51.1 Å². The number of halogens is 2. The number of rotatable bonds is 4. The molecule has 158 valence electrons. The Kier molecular flexibility index (Phi) is 10.5. The van der Waals surface area contributed by atoms with Crippen molar-refractivity contribution >= 4 is 48.6 Å². The van der Waals surface area contributed by atoms with Crippen molar-refractivity contribution in [2.24, 2.45) is 5.92 Å². The van der Waals surface area contributed by atoms with Gasteiger partial charge in [-0.1, -0.05) is 13.8 Å². The highest BCUT2D eigenvalue weighted by Gasteiger charge is 2.37. The molecule has 7 nitrogen and oxygen atoms in total. The Morgan fingerprint density at radius 2 is 1.81 bits per heavy atom. The van der Waals surface area contributed by atoms with Crippen LogP contribution in [0.2, 0.25) is 0 Å². The van der Waals surface area contributed by atoms with Gasteiger partial charge >= 0.3 is 6.09 Å². The Morgan fingerprint density at radius 3 is 2.41 bits per heavy atom. The molecular formula is C17H32Cl2N4O3S. The number of ether oxygens (including phenoxy) is 1. The fraction of sp³-hybridized carbons (Fsp3) is 0.882. The van der Waals surface area contributed by atoms with Crippen LogP contribution in [0.25, 0.3) is 0 Å². The van der Waals surface area contributed by atoms with Gasteiger partial charge in [-0.3, -0.25) is 9.69 Å². The first-order valence-corrected chi connectivity index (χ1v) is 10.5. The van der Waals surface area contributed by atoms with Crippen LogP contribution < -0.4 is 5.32 Å². The second-order valence-electron chi connectivity index (χ2n) is 7.48. The zero-order valence-corrected chi connectivity index (χ0v) is 18.5. The highest BCUT2D eigenvalue weighted by Crippen LogP contribution is 2.21. The third kappa shape index (κ3) is 6.56. The van der Waals surface area contributed by atoms with E-state index in [0.29, 0.717) is 31.7 Å². The highest BCUT2D eigenvalue weighted by atomic mass is 35.5. The third-order valence-corrected chi connectivity index (χ3v) is 6.06. The van der Waals surface area contributed by atoms with Gasteiger partial charge in [0.05, 0.1) is 18.5 Å². The number of hydrogen-bond donors (Lipinski definition) is 1. The maximum atomic E-state index is 12.5. The molecule has 0 unspecified atom stereocenters. The molecule has 10 heteroatoms. The summed E-state index contributed by atoms with van der Waals surface area (Å²) in [5.74, 6) is 2.50. The zero-order valence-electron chi connectivity index (χ0n) is 16.1. The molecule has 0 aromatic heterocycles. The maximum absolute atomic E-state index is 12.5. The number of carbonyl (C=O) groups excluding carboxylic acids is 2. The molecule has 0 aliphatic carbocycles. The summed E-state index contributed by atoms with van der Waals surface area (Å²) in [4.78, 5) is 30.7. The molecule has 3 aliphatic heterocycles. The summed E-state index contributed by atoms with van der Waals surface area (Å²) < 4.78 is 5.31. The van der Waals surface area contributed by atoms with Crippen LogP contribution in [0.3, 0.4) is 0 Å². The standard InChI is InChI=1S/C17H30N4O3S.2ClH/c1-13(2)11-24-17(23)20-5-3-19(4-6-20)14-9-15(18-10-14)16(22)21-7-8-25-12-21;;/h13-15,18H,3-12H2,1-2H3;2*1H/t14-,15-;;/m0../s1. The van der Waals surface area contributed by atoms with E-state index in [0.717, 1.165) is 44.2 Å².